The topological polar surface area (TPSA) is 158 Å². The van der Waals surface area contributed by atoms with Crippen molar-refractivity contribution in [2.45, 2.75) is 103 Å². The number of carboxylic acid groups (broad SMARTS) is 1. The van der Waals surface area contributed by atoms with Crippen LogP contribution in [-0.2, 0) is 54.9 Å². The summed E-state index contributed by atoms with van der Waals surface area (Å²) >= 11 is 1.57. The molecule has 0 bridgehead atoms. The minimum Gasteiger partial charge on any atom is -0.497 e. The molecule has 2 fully saturated rings. The number of thiophene rings is 1. The van der Waals surface area contributed by atoms with Crippen molar-refractivity contribution in [1.29, 1.82) is 0 Å². The van der Waals surface area contributed by atoms with E-state index in [0.29, 0.717) is 36.7 Å². The standard InChI is InChI=1S/C48H59NO11S2/c1-30(2)27-49(62(54,55)36-16-14-34(56-5)15-17-36)28-40(50)33(25-43(51)60-41-20-23-58-47-38(41)19-22-57-47)24-31-10-12-35(13-11-31)59-29-32-8-6-7-9-37(32)45-44(46(52)53)39-26-48(3,4)21-18-42(39)61-45/h6-17,30,33,38,40-41,47,50H,18-29H2,1-5H3,(H,52,53)/t33-,38+,40-,41+,47-/m1/s1. The first-order chi connectivity index (χ1) is 29.6. The van der Waals surface area contributed by atoms with E-state index in [1.165, 1.54) is 23.5 Å². The van der Waals surface area contributed by atoms with E-state index < -0.39 is 40.3 Å². The number of fused-ring (bicyclic) bond motifs is 2. The number of hydrogen-bond donors (Lipinski definition) is 2. The molecule has 0 unspecified atom stereocenters. The first-order valence-corrected chi connectivity index (χ1v) is 23.8. The largest absolute Gasteiger partial charge is 0.497 e. The van der Waals surface area contributed by atoms with Gasteiger partial charge in [-0.1, -0.05) is 64.1 Å². The van der Waals surface area contributed by atoms with Crippen LogP contribution in [0.4, 0.5) is 0 Å². The lowest BCUT2D eigenvalue weighted by molar-refractivity contribution is -0.195. The van der Waals surface area contributed by atoms with Crippen molar-refractivity contribution < 1.29 is 51.9 Å². The van der Waals surface area contributed by atoms with Crippen LogP contribution in [0.3, 0.4) is 0 Å². The van der Waals surface area contributed by atoms with E-state index in [4.69, 9.17) is 23.7 Å². The molecule has 3 aromatic carbocycles. The maximum absolute atomic E-state index is 14.0. The number of carboxylic acids is 1. The molecule has 0 spiro atoms. The van der Waals surface area contributed by atoms with Crippen molar-refractivity contribution in [3.05, 3.63) is 99.9 Å². The molecule has 0 amide bonds. The third-order valence-electron chi connectivity index (χ3n) is 12.2. The van der Waals surface area contributed by atoms with Crippen LogP contribution in [0.25, 0.3) is 10.4 Å². The third kappa shape index (κ3) is 10.7. The molecule has 1 aliphatic carbocycles. The molecule has 0 saturated carbocycles. The molecule has 62 heavy (non-hydrogen) atoms. The van der Waals surface area contributed by atoms with Gasteiger partial charge in [0.2, 0.25) is 10.0 Å². The number of aryl methyl sites for hydroxylation is 1. The number of hydrogen-bond acceptors (Lipinski definition) is 11. The lowest BCUT2D eigenvalue weighted by Crippen LogP contribution is -2.43. The van der Waals surface area contributed by atoms with Gasteiger partial charge in [-0.25, -0.2) is 13.2 Å². The zero-order chi connectivity index (χ0) is 44.2. The number of sulfonamides is 1. The molecular formula is C48H59NO11S2. The summed E-state index contributed by atoms with van der Waals surface area (Å²) in [7, 11) is -2.51. The Labute approximate surface area is 369 Å². The lowest BCUT2D eigenvalue weighted by Gasteiger charge is -2.33. The third-order valence-corrected chi connectivity index (χ3v) is 15.4. The summed E-state index contributed by atoms with van der Waals surface area (Å²) in [5.41, 5.74) is 3.91. The predicted molar refractivity (Wildman–Crippen MR) is 236 cm³/mol. The van der Waals surface area contributed by atoms with Gasteiger partial charge in [0.15, 0.2) is 6.29 Å². The Morgan fingerprint density at radius 3 is 2.34 bits per heavy atom. The summed E-state index contributed by atoms with van der Waals surface area (Å²) in [6.45, 7) is 9.30. The van der Waals surface area contributed by atoms with Crippen LogP contribution in [0.5, 0.6) is 11.5 Å². The average Bonchev–Trinajstić information content (AvgIpc) is 3.88. The Morgan fingerprint density at radius 2 is 1.65 bits per heavy atom. The molecule has 4 aromatic rings. The van der Waals surface area contributed by atoms with Crippen molar-refractivity contribution >= 4 is 33.3 Å². The van der Waals surface area contributed by atoms with Crippen molar-refractivity contribution in [1.82, 2.24) is 4.31 Å². The van der Waals surface area contributed by atoms with Crippen molar-refractivity contribution in [3.63, 3.8) is 0 Å². The molecule has 1 aromatic heterocycles. The van der Waals surface area contributed by atoms with Crippen molar-refractivity contribution in [2.75, 3.05) is 33.4 Å². The number of rotatable bonds is 18. The lowest BCUT2D eigenvalue weighted by atomic mass is 9.76. The average molecular weight is 890 g/mol. The first-order valence-electron chi connectivity index (χ1n) is 21.5. The van der Waals surface area contributed by atoms with E-state index in [1.807, 2.05) is 62.4 Å². The second kappa shape index (κ2) is 19.6. The number of aliphatic hydroxyl groups excluding tert-OH is 1. The monoisotopic (exact) mass is 889 g/mol. The van der Waals surface area contributed by atoms with Gasteiger partial charge in [-0.05, 0) is 102 Å². The Balaban J connectivity index is 1.08. The number of esters is 1. The molecule has 334 valence electrons. The number of ether oxygens (including phenoxy) is 5. The Hall–Kier alpha value is -4.31. The van der Waals surface area contributed by atoms with Crippen LogP contribution in [-0.4, -0.2) is 86.8 Å². The summed E-state index contributed by atoms with van der Waals surface area (Å²) in [6.07, 6.45) is 2.02. The summed E-state index contributed by atoms with van der Waals surface area (Å²) in [4.78, 5) is 28.3. The fourth-order valence-electron chi connectivity index (χ4n) is 8.87. The molecule has 7 rings (SSSR count). The number of nitrogens with zero attached hydrogens (tertiary/aromatic N) is 1. The number of aliphatic hydroxyl groups is 1. The number of methoxy groups -OCH3 is 1. The van der Waals surface area contributed by atoms with E-state index in [9.17, 15) is 28.2 Å². The van der Waals surface area contributed by atoms with Gasteiger partial charge in [0, 0.05) is 41.1 Å². The number of carbonyl (C=O) groups is 2. The van der Waals surface area contributed by atoms with Crippen molar-refractivity contribution in [2.24, 2.45) is 23.2 Å². The molecular weight excluding hydrogens is 831 g/mol. The molecule has 2 aliphatic heterocycles. The fraction of sp³-hybridized carbons (Fsp3) is 0.500. The highest BCUT2D eigenvalue weighted by atomic mass is 32.2. The van der Waals surface area contributed by atoms with Crippen LogP contribution in [0, 0.1) is 23.2 Å². The number of benzene rings is 3. The van der Waals surface area contributed by atoms with E-state index in [2.05, 4.69) is 13.8 Å². The molecule has 12 nitrogen and oxygen atoms in total. The van der Waals surface area contributed by atoms with Gasteiger partial charge >= 0.3 is 11.9 Å². The normalized spacial score (nSPS) is 20.6. The summed E-state index contributed by atoms with van der Waals surface area (Å²) < 4.78 is 58.3. The Kier molecular flexibility index (Phi) is 14.5. The Bertz CT molecular complexity index is 2290. The number of carbonyl (C=O) groups excluding carboxylic acids is 1. The van der Waals surface area contributed by atoms with Gasteiger partial charge in [-0.2, -0.15) is 4.31 Å². The van der Waals surface area contributed by atoms with E-state index >= 15 is 0 Å². The smallest absolute Gasteiger partial charge is 0.337 e. The summed E-state index contributed by atoms with van der Waals surface area (Å²) in [5, 5.41) is 22.3. The summed E-state index contributed by atoms with van der Waals surface area (Å²) in [6, 6.07) is 21.3. The van der Waals surface area contributed by atoms with Crippen LogP contribution >= 0.6 is 11.3 Å². The highest BCUT2D eigenvalue weighted by Crippen LogP contribution is 2.46. The second-order valence-electron chi connectivity index (χ2n) is 18.0. The summed E-state index contributed by atoms with van der Waals surface area (Å²) in [5.74, 6) is -1.07. The van der Waals surface area contributed by atoms with Gasteiger partial charge in [0.25, 0.3) is 0 Å². The maximum Gasteiger partial charge on any atom is 0.337 e. The SMILES string of the molecule is COc1ccc(S(=O)(=O)N(CC(C)C)C[C@@H](O)[C@@H](CC(=O)O[C@H]2CCO[C@H]3OCC[C@H]32)Cc2ccc(OCc3ccccc3-c3sc4c(c3C(=O)O)CC(C)(C)CC4)cc2)cc1. The Morgan fingerprint density at radius 1 is 0.952 bits per heavy atom. The van der Waals surface area contributed by atoms with Crippen molar-refractivity contribution in [3.8, 4) is 21.9 Å². The van der Waals surface area contributed by atoms with E-state index in [-0.39, 0.29) is 60.8 Å². The highest BCUT2D eigenvalue weighted by Gasteiger charge is 2.42. The molecule has 2 saturated heterocycles. The second-order valence-corrected chi connectivity index (χ2v) is 21.0. The maximum atomic E-state index is 14.0. The van der Waals surface area contributed by atoms with Gasteiger partial charge in [-0.3, -0.25) is 4.79 Å². The molecule has 2 N–H and O–H groups in total. The van der Waals surface area contributed by atoms with Gasteiger partial charge in [0.1, 0.15) is 24.2 Å². The van der Waals surface area contributed by atoms with Crippen LogP contribution in [0.1, 0.15) is 85.3 Å². The predicted octanol–water partition coefficient (Wildman–Crippen LogP) is 8.17. The molecule has 5 atom stereocenters. The van der Waals surface area contributed by atoms with E-state index in [1.54, 1.807) is 23.5 Å². The molecule has 14 heteroatoms. The van der Waals surface area contributed by atoms with Crippen LogP contribution in [0.15, 0.2) is 77.7 Å². The minimum atomic E-state index is -4.02. The van der Waals surface area contributed by atoms with Gasteiger partial charge < -0.3 is 33.9 Å². The quantitative estimate of drug-likeness (QED) is 0.0929. The van der Waals surface area contributed by atoms with Crippen LogP contribution < -0.4 is 9.47 Å². The van der Waals surface area contributed by atoms with Gasteiger partial charge in [0.05, 0.1) is 43.3 Å². The molecule has 0 radical (unpaired) electrons. The molecule has 3 heterocycles. The fourth-order valence-corrected chi connectivity index (χ4v) is 11.9. The number of aromatic carboxylic acids is 1. The van der Waals surface area contributed by atoms with Crippen LogP contribution in [0.2, 0.25) is 0 Å². The first kappa shape index (κ1) is 45.7. The highest BCUT2D eigenvalue weighted by molar-refractivity contribution is 7.89. The zero-order valence-electron chi connectivity index (χ0n) is 36.2. The zero-order valence-corrected chi connectivity index (χ0v) is 37.8. The minimum absolute atomic E-state index is 0.0398. The molecule has 3 aliphatic rings. The van der Waals surface area contributed by atoms with Gasteiger partial charge in [-0.15, -0.1) is 11.3 Å². The van der Waals surface area contributed by atoms with E-state index in [0.717, 1.165) is 57.7 Å².